The van der Waals surface area contributed by atoms with Crippen LogP contribution in [0.5, 0.6) is 0 Å². The van der Waals surface area contributed by atoms with Gasteiger partial charge in [-0.3, -0.25) is 0 Å². The topological polar surface area (TPSA) is 32.8 Å². The summed E-state index contributed by atoms with van der Waals surface area (Å²) in [6.07, 6.45) is 1.85. The molecule has 0 aromatic heterocycles. The zero-order chi connectivity index (χ0) is 8.93. The number of epoxide rings is 1. The minimum absolute atomic E-state index is 0.216. The van der Waals surface area contributed by atoms with Gasteiger partial charge in [0.2, 0.25) is 0 Å². The van der Waals surface area contributed by atoms with Gasteiger partial charge in [-0.1, -0.05) is 12.2 Å². The Labute approximate surface area is 73.2 Å². The molecule has 0 bridgehead atoms. The van der Waals surface area contributed by atoms with Gasteiger partial charge in [0, 0.05) is 0 Å². The second-order valence-electron chi connectivity index (χ2n) is 4.32. The van der Waals surface area contributed by atoms with E-state index in [1.807, 2.05) is 13.8 Å². The van der Waals surface area contributed by atoms with E-state index < -0.39 is 0 Å². The summed E-state index contributed by atoms with van der Waals surface area (Å²) < 4.78 is 5.47. The van der Waals surface area contributed by atoms with Crippen molar-refractivity contribution in [1.82, 2.24) is 0 Å². The molecule has 4 atom stereocenters. The molecule has 2 nitrogen and oxygen atoms in total. The highest BCUT2D eigenvalue weighted by Crippen LogP contribution is 2.50. The van der Waals surface area contributed by atoms with Gasteiger partial charge in [-0.2, -0.15) is 0 Å². The summed E-state index contributed by atoms with van der Waals surface area (Å²) >= 11 is 0. The Bertz CT molecular complexity index is 224. The fraction of sp³-hybridized carbons (Fsp3) is 0.800. The molecule has 0 aromatic carbocycles. The van der Waals surface area contributed by atoms with Gasteiger partial charge in [0.15, 0.2) is 0 Å². The van der Waals surface area contributed by atoms with E-state index in [-0.39, 0.29) is 17.8 Å². The summed E-state index contributed by atoms with van der Waals surface area (Å²) in [5, 5.41) is 9.73. The fourth-order valence-corrected chi connectivity index (χ4v) is 2.11. The van der Waals surface area contributed by atoms with E-state index in [2.05, 4.69) is 6.58 Å². The predicted molar refractivity (Wildman–Crippen MR) is 46.8 cm³/mol. The van der Waals surface area contributed by atoms with Gasteiger partial charge in [0.1, 0.15) is 5.60 Å². The van der Waals surface area contributed by atoms with E-state index >= 15 is 0 Å². The molecule has 1 aliphatic heterocycles. The van der Waals surface area contributed by atoms with Gasteiger partial charge < -0.3 is 9.84 Å². The van der Waals surface area contributed by atoms with E-state index in [9.17, 15) is 5.11 Å². The summed E-state index contributed by atoms with van der Waals surface area (Å²) in [5.74, 6) is 0.459. The van der Waals surface area contributed by atoms with E-state index in [4.69, 9.17) is 4.74 Å². The van der Waals surface area contributed by atoms with Crippen LogP contribution < -0.4 is 0 Å². The summed E-state index contributed by atoms with van der Waals surface area (Å²) in [6.45, 7) is 7.95. The number of allylic oxidation sites excluding steroid dienone is 1. The van der Waals surface area contributed by atoms with Crippen molar-refractivity contribution in [2.24, 2.45) is 5.92 Å². The van der Waals surface area contributed by atoms with Crippen molar-refractivity contribution in [3.05, 3.63) is 12.2 Å². The second kappa shape index (κ2) is 2.33. The maximum Gasteiger partial charge on any atom is 0.118 e. The Kier molecular flexibility index (Phi) is 1.61. The highest BCUT2D eigenvalue weighted by atomic mass is 16.6. The van der Waals surface area contributed by atoms with Crippen molar-refractivity contribution >= 4 is 0 Å². The zero-order valence-electron chi connectivity index (χ0n) is 7.71. The van der Waals surface area contributed by atoms with Crippen LogP contribution in [0.15, 0.2) is 12.2 Å². The SMILES string of the molecule is C=C(C)C1CC(O)C2(C)OC2C1. The molecule has 2 rings (SSSR count). The Morgan fingerprint density at radius 2 is 2.25 bits per heavy atom. The molecule has 2 aliphatic rings. The predicted octanol–water partition coefficient (Wildman–Crippen LogP) is 1.49. The summed E-state index contributed by atoms with van der Waals surface area (Å²) in [5.41, 5.74) is 0.956. The first kappa shape index (κ1) is 8.27. The maximum absolute atomic E-state index is 9.73. The molecule has 1 N–H and O–H groups in total. The van der Waals surface area contributed by atoms with Crippen LogP contribution in [0.25, 0.3) is 0 Å². The van der Waals surface area contributed by atoms with Crippen LogP contribution in [0.1, 0.15) is 26.7 Å². The molecule has 1 saturated carbocycles. The van der Waals surface area contributed by atoms with Crippen molar-refractivity contribution in [2.45, 2.75) is 44.5 Å². The van der Waals surface area contributed by atoms with Gasteiger partial charge in [-0.15, -0.1) is 0 Å². The highest BCUT2D eigenvalue weighted by molar-refractivity contribution is 5.14. The summed E-state index contributed by atoms with van der Waals surface area (Å²) in [7, 11) is 0. The van der Waals surface area contributed by atoms with E-state index in [1.54, 1.807) is 0 Å². The second-order valence-corrected chi connectivity index (χ2v) is 4.32. The number of rotatable bonds is 1. The number of aliphatic hydroxyl groups is 1. The van der Waals surface area contributed by atoms with Gasteiger partial charge >= 0.3 is 0 Å². The van der Waals surface area contributed by atoms with E-state index in [0.717, 1.165) is 12.8 Å². The Morgan fingerprint density at radius 3 is 2.75 bits per heavy atom. The fourth-order valence-electron chi connectivity index (χ4n) is 2.11. The molecule has 4 unspecified atom stereocenters. The molecule has 0 radical (unpaired) electrons. The van der Waals surface area contributed by atoms with Crippen molar-refractivity contribution in [3.8, 4) is 0 Å². The standard InChI is InChI=1S/C10H16O2/c1-6(2)7-4-8(11)10(3)9(5-7)12-10/h7-9,11H,1,4-5H2,2-3H3. The number of ether oxygens (including phenoxy) is 1. The molecule has 2 heteroatoms. The van der Waals surface area contributed by atoms with Crippen LogP contribution in [0, 0.1) is 5.92 Å². The average Bonchev–Trinajstić information content (AvgIpc) is 2.62. The zero-order valence-corrected chi connectivity index (χ0v) is 7.71. The number of hydrogen-bond acceptors (Lipinski definition) is 2. The minimum atomic E-state index is -0.294. The summed E-state index contributed by atoms with van der Waals surface area (Å²) in [4.78, 5) is 0. The Balaban J connectivity index is 2.06. The third-order valence-corrected chi connectivity index (χ3v) is 3.34. The van der Waals surface area contributed by atoms with Crippen molar-refractivity contribution in [1.29, 1.82) is 0 Å². The molecule has 0 spiro atoms. The average molecular weight is 168 g/mol. The Hall–Kier alpha value is -0.340. The molecular weight excluding hydrogens is 152 g/mol. The molecule has 1 heterocycles. The maximum atomic E-state index is 9.73. The van der Waals surface area contributed by atoms with E-state index in [0.29, 0.717) is 5.92 Å². The van der Waals surface area contributed by atoms with Crippen molar-refractivity contribution < 1.29 is 9.84 Å². The lowest BCUT2D eigenvalue weighted by molar-refractivity contribution is 0.0641. The number of aliphatic hydroxyl groups excluding tert-OH is 1. The molecule has 1 aliphatic carbocycles. The molecule has 68 valence electrons. The first-order chi connectivity index (χ1) is 5.54. The highest BCUT2D eigenvalue weighted by Gasteiger charge is 2.60. The molecule has 0 amide bonds. The molecular formula is C10H16O2. The third-order valence-electron chi connectivity index (χ3n) is 3.34. The monoisotopic (exact) mass is 168 g/mol. The molecule has 1 saturated heterocycles. The quantitative estimate of drug-likeness (QED) is 0.475. The van der Waals surface area contributed by atoms with Crippen molar-refractivity contribution in [3.63, 3.8) is 0 Å². The largest absolute Gasteiger partial charge is 0.390 e. The van der Waals surface area contributed by atoms with Crippen LogP contribution in [0.4, 0.5) is 0 Å². The van der Waals surface area contributed by atoms with Gasteiger partial charge in [0.25, 0.3) is 0 Å². The lowest BCUT2D eigenvalue weighted by Crippen LogP contribution is -2.36. The van der Waals surface area contributed by atoms with Gasteiger partial charge in [-0.05, 0) is 32.6 Å². The first-order valence-electron chi connectivity index (χ1n) is 4.55. The molecule has 12 heavy (non-hydrogen) atoms. The van der Waals surface area contributed by atoms with E-state index in [1.165, 1.54) is 5.57 Å². The first-order valence-corrected chi connectivity index (χ1v) is 4.55. The van der Waals surface area contributed by atoms with Crippen LogP contribution in [-0.2, 0) is 4.74 Å². The normalized spacial score (nSPS) is 51.4. The third kappa shape index (κ3) is 1.02. The number of hydrogen-bond donors (Lipinski definition) is 1. The lowest BCUT2D eigenvalue weighted by atomic mass is 9.78. The van der Waals surface area contributed by atoms with Gasteiger partial charge in [-0.25, -0.2) is 0 Å². The van der Waals surface area contributed by atoms with Crippen molar-refractivity contribution in [2.75, 3.05) is 0 Å². The van der Waals surface area contributed by atoms with Crippen LogP contribution >= 0.6 is 0 Å². The lowest BCUT2D eigenvalue weighted by Gasteiger charge is -2.27. The molecule has 0 aromatic rings. The van der Waals surface area contributed by atoms with Crippen LogP contribution in [-0.4, -0.2) is 22.9 Å². The molecule has 2 fully saturated rings. The smallest absolute Gasteiger partial charge is 0.118 e. The minimum Gasteiger partial charge on any atom is -0.390 e. The van der Waals surface area contributed by atoms with Crippen LogP contribution in [0.2, 0.25) is 0 Å². The summed E-state index contributed by atoms with van der Waals surface area (Å²) in [6, 6.07) is 0. The van der Waals surface area contributed by atoms with Crippen LogP contribution in [0.3, 0.4) is 0 Å². The Morgan fingerprint density at radius 1 is 1.58 bits per heavy atom. The van der Waals surface area contributed by atoms with Gasteiger partial charge in [0.05, 0.1) is 12.2 Å². The number of fused-ring (bicyclic) bond motifs is 1.